The molecular weight excluding hydrogens is 372 g/mol. The second-order valence-electron chi connectivity index (χ2n) is 12.2. The summed E-state index contributed by atoms with van der Waals surface area (Å²) in [5, 5.41) is 0. The fourth-order valence-corrected chi connectivity index (χ4v) is 5.25. The summed E-state index contributed by atoms with van der Waals surface area (Å²) in [5.74, 6) is 1.37. The zero-order valence-electron chi connectivity index (χ0n) is 21.1. The van der Waals surface area contributed by atoms with Gasteiger partial charge in [-0.1, -0.05) is 96.2 Å². The maximum absolute atomic E-state index is 4.45. The van der Waals surface area contributed by atoms with Crippen LogP contribution in [0.2, 0.25) is 0 Å². The van der Waals surface area contributed by atoms with Crippen LogP contribution in [0.4, 0.5) is 0 Å². The summed E-state index contributed by atoms with van der Waals surface area (Å²) in [6, 6.07) is 16.3. The summed E-state index contributed by atoms with van der Waals surface area (Å²) < 4.78 is 0. The fourth-order valence-electron chi connectivity index (χ4n) is 5.25. The van der Waals surface area contributed by atoms with Crippen molar-refractivity contribution in [2.75, 3.05) is 0 Å². The van der Waals surface area contributed by atoms with Crippen molar-refractivity contribution in [2.24, 2.45) is 11.3 Å². The van der Waals surface area contributed by atoms with Crippen LogP contribution in [0.1, 0.15) is 101 Å². The van der Waals surface area contributed by atoms with E-state index >= 15 is 0 Å². The monoisotopic (exact) mass is 416 g/mol. The molecule has 0 heterocycles. The number of hydrogen-bond donors (Lipinski definition) is 0. The maximum Gasteiger partial charge on any atom is 0.00483 e. The predicted octanol–water partition coefficient (Wildman–Crippen LogP) is 8.95. The normalized spacial score (nSPS) is 19.8. The smallest absolute Gasteiger partial charge is 0.00483 e. The summed E-state index contributed by atoms with van der Waals surface area (Å²) in [5.41, 5.74) is 9.44. The van der Waals surface area contributed by atoms with Crippen LogP contribution in [-0.2, 0) is 18.3 Å². The highest BCUT2D eigenvalue weighted by atomic mass is 14.3. The van der Waals surface area contributed by atoms with Gasteiger partial charge in [0.25, 0.3) is 0 Å². The lowest BCUT2D eigenvalue weighted by molar-refractivity contribution is 0.323. The van der Waals surface area contributed by atoms with E-state index in [0.717, 1.165) is 18.8 Å². The molecule has 0 saturated heterocycles. The highest BCUT2D eigenvalue weighted by Gasteiger charge is 2.29. The molecule has 0 amide bonds. The lowest BCUT2D eigenvalue weighted by Crippen LogP contribution is -2.15. The van der Waals surface area contributed by atoms with Gasteiger partial charge in [0.2, 0.25) is 0 Å². The molecular formula is C31H44. The molecule has 31 heavy (non-hydrogen) atoms. The van der Waals surface area contributed by atoms with E-state index in [1.54, 1.807) is 0 Å². The Hall–Kier alpha value is -1.82. The molecule has 168 valence electrons. The Morgan fingerprint density at radius 1 is 0.903 bits per heavy atom. The molecule has 0 nitrogen and oxygen atoms in total. The Balaban J connectivity index is 1.64. The molecule has 1 aliphatic carbocycles. The first-order valence-corrected chi connectivity index (χ1v) is 12.3. The quantitative estimate of drug-likeness (QED) is 0.412. The van der Waals surface area contributed by atoms with Crippen LogP contribution >= 0.6 is 0 Å². The Bertz CT molecular complexity index is 883. The molecule has 2 aromatic rings. The van der Waals surface area contributed by atoms with Gasteiger partial charge in [0.05, 0.1) is 0 Å². The van der Waals surface area contributed by atoms with Crippen molar-refractivity contribution >= 4 is 0 Å². The van der Waals surface area contributed by atoms with E-state index in [4.69, 9.17) is 0 Å². The predicted molar refractivity (Wildman–Crippen MR) is 137 cm³/mol. The summed E-state index contributed by atoms with van der Waals surface area (Å²) in [7, 11) is 0. The second-order valence-corrected chi connectivity index (χ2v) is 12.2. The molecule has 0 bridgehead atoms. The molecule has 2 aromatic carbocycles. The van der Waals surface area contributed by atoms with E-state index < -0.39 is 0 Å². The van der Waals surface area contributed by atoms with E-state index in [9.17, 15) is 0 Å². The zero-order chi connectivity index (χ0) is 22.8. The average Bonchev–Trinajstić information content (AvgIpc) is 3.05. The minimum absolute atomic E-state index is 0.192. The molecule has 0 aliphatic heterocycles. The van der Waals surface area contributed by atoms with Crippen molar-refractivity contribution in [2.45, 2.75) is 98.3 Å². The molecule has 0 heteroatoms. The molecule has 1 aliphatic rings. The highest BCUT2D eigenvalue weighted by molar-refractivity contribution is 5.40. The van der Waals surface area contributed by atoms with Gasteiger partial charge in [-0.2, -0.15) is 0 Å². The van der Waals surface area contributed by atoms with Crippen LogP contribution in [0.25, 0.3) is 0 Å². The minimum atomic E-state index is 0.192. The molecule has 0 aromatic heterocycles. The van der Waals surface area contributed by atoms with Crippen LogP contribution in [0.15, 0.2) is 54.6 Å². The van der Waals surface area contributed by atoms with Crippen molar-refractivity contribution in [1.82, 2.24) is 0 Å². The van der Waals surface area contributed by atoms with Crippen molar-refractivity contribution in [3.8, 4) is 0 Å². The van der Waals surface area contributed by atoms with E-state index in [1.807, 2.05) is 0 Å². The lowest BCUT2D eigenvalue weighted by Gasteiger charge is -2.24. The van der Waals surface area contributed by atoms with Crippen LogP contribution in [0.5, 0.6) is 0 Å². The molecule has 1 unspecified atom stereocenters. The van der Waals surface area contributed by atoms with E-state index in [0.29, 0.717) is 11.3 Å². The second kappa shape index (κ2) is 9.35. The third-order valence-electron chi connectivity index (χ3n) is 7.18. The molecule has 2 atom stereocenters. The van der Waals surface area contributed by atoms with Gasteiger partial charge in [-0.15, -0.1) is 0 Å². The van der Waals surface area contributed by atoms with Gasteiger partial charge in [0, 0.05) is 5.92 Å². The van der Waals surface area contributed by atoms with Crippen molar-refractivity contribution in [3.05, 3.63) is 82.4 Å². The first-order chi connectivity index (χ1) is 14.4. The minimum Gasteiger partial charge on any atom is -0.0992 e. The summed E-state index contributed by atoms with van der Waals surface area (Å²) in [6.07, 6.45) is 7.37. The van der Waals surface area contributed by atoms with Gasteiger partial charge >= 0.3 is 0 Å². The summed E-state index contributed by atoms with van der Waals surface area (Å²) in [6.45, 7) is 20.7. The Morgan fingerprint density at radius 3 is 2.19 bits per heavy atom. The van der Waals surface area contributed by atoms with E-state index in [-0.39, 0.29) is 5.41 Å². The topological polar surface area (TPSA) is 0 Å². The Morgan fingerprint density at radius 2 is 1.58 bits per heavy atom. The van der Waals surface area contributed by atoms with Gasteiger partial charge in [-0.25, -0.2) is 0 Å². The molecule has 0 N–H and O–H groups in total. The van der Waals surface area contributed by atoms with Crippen LogP contribution in [-0.4, -0.2) is 0 Å². The standard InChI is InChI=1S/C31H44/c1-22-10-9-11-29(31(6,7)8)27(22)17-14-24-12-15-26(16-13-24)28-21-25(20-23(28)2)18-19-30(3,4)5/h9-13,15-16,25,28H,2,14,17-21H2,1,3-8H3/t25-,28?/m0/s1. The maximum atomic E-state index is 4.45. The van der Waals surface area contributed by atoms with E-state index in [2.05, 4.69) is 97.5 Å². The Kier molecular flexibility index (Phi) is 7.19. The zero-order valence-corrected chi connectivity index (χ0v) is 21.1. The summed E-state index contributed by atoms with van der Waals surface area (Å²) in [4.78, 5) is 0. The molecule has 1 fully saturated rings. The number of rotatable bonds is 6. The average molecular weight is 417 g/mol. The first kappa shape index (κ1) is 23.8. The van der Waals surface area contributed by atoms with Crippen LogP contribution in [0.3, 0.4) is 0 Å². The Labute approximate surface area is 192 Å². The summed E-state index contributed by atoms with van der Waals surface area (Å²) >= 11 is 0. The van der Waals surface area contributed by atoms with E-state index in [1.165, 1.54) is 59.1 Å². The van der Waals surface area contributed by atoms with Crippen molar-refractivity contribution < 1.29 is 0 Å². The highest BCUT2D eigenvalue weighted by Crippen LogP contribution is 2.44. The van der Waals surface area contributed by atoms with Gasteiger partial charge in [-0.3, -0.25) is 0 Å². The fraction of sp³-hybridized carbons (Fsp3) is 0.548. The van der Waals surface area contributed by atoms with Crippen LogP contribution < -0.4 is 0 Å². The van der Waals surface area contributed by atoms with Crippen LogP contribution in [0, 0.1) is 18.3 Å². The molecule has 3 rings (SSSR count). The van der Waals surface area contributed by atoms with Gasteiger partial charge in [0.15, 0.2) is 0 Å². The van der Waals surface area contributed by atoms with Gasteiger partial charge in [0.1, 0.15) is 0 Å². The largest absolute Gasteiger partial charge is 0.0992 e. The number of hydrogen-bond acceptors (Lipinski definition) is 0. The lowest BCUT2D eigenvalue weighted by atomic mass is 9.80. The van der Waals surface area contributed by atoms with Gasteiger partial charge < -0.3 is 0 Å². The number of benzene rings is 2. The number of allylic oxidation sites excluding steroid dienone is 1. The molecule has 1 saturated carbocycles. The first-order valence-electron chi connectivity index (χ1n) is 12.3. The van der Waals surface area contributed by atoms with Crippen molar-refractivity contribution in [3.63, 3.8) is 0 Å². The molecule has 0 spiro atoms. The third kappa shape index (κ3) is 6.34. The third-order valence-corrected chi connectivity index (χ3v) is 7.18. The number of aryl methyl sites for hydroxylation is 2. The van der Waals surface area contributed by atoms with Crippen molar-refractivity contribution in [1.29, 1.82) is 0 Å². The molecule has 0 radical (unpaired) electrons. The SMILES string of the molecule is C=C1C[C@H](CCC(C)(C)C)CC1c1ccc(CCc2c(C)cccc2C(C)(C)C)cc1. The van der Waals surface area contributed by atoms with Gasteiger partial charge in [-0.05, 0) is 90.0 Å².